The molecule has 0 saturated carbocycles. The van der Waals surface area contributed by atoms with Crippen LogP contribution in [0.2, 0.25) is 0 Å². The van der Waals surface area contributed by atoms with Gasteiger partial charge in [0.05, 0.1) is 0 Å². The average molecular weight is 306 g/mol. The summed E-state index contributed by atoms with van der Waals surface area (Å²) in [6, 6.07) is 20.0. The molecule has 2 nitrogen and oxygen atoms in total. The van der Waals surface area contributed by atoms with Crippen molar-refractivity contribution < 1.29 is 0 Å². The zero-order valence-corrected chi connectivity index (χ0v) is 13.9. The summed E-state index contributed by atoms with van der Waals surface area (Å²) in [5, 5.41) is 3.66. The first kappa shape index (κ1) is 15.8. The van der Waals surface area contributed by atoms with Crippen LogP contribution in [0, 0.1) is 6.92 Å². The minimum Gasteiger partial charge on any atom is -0.371 e. The normalized spacial score (nSPS) is 16.1. The molecule has 1 aliphatic heterocycles. The van der Waals surface area contributed by atoms with Gasteiger partial charge in [0.15, 0.2) is 0 Å². The second-order valence-electron chi connectivity index (χ2n) is 6.32. The summed E-state index contributed by atoms with van der Waals surface area (Å²) in [5.41, 5.74) is 3.96. The van der Waals surface area contributed by atoms with Gasteiger partial charge in [-0.1, -0.05) is 60.2 Å². The third kappa shape index (κ3) is 4.70. The molecule has 0 aliphatic carbocycles. The molecule has 1 heterocycles. The van der Waals surface area contributed by atoms with E-state index >= 15 is 0 Å². The van der Waals surface area contributed by atoms with E-state index < -0.39 is 0 Å². The van der Waals surface area contributed by atoms with Gasteiger partial charge in [0.25, 0.3) is 0 Å². The van der Waals surface area contributed by atoms with Gasteiger partial charge >= 0.3 is 0 Å². The molecule has 2 aromatic carbocycles. The standard InChI is InChI=1S/C21H26N2/c1-18-9-11-21(12-10-18)23-16-13-20(14-17-23)22-15-5-8-19-6-3-2-4-7-19/h2-12,20,22H,13-17H2,1H3/b8-5+. The van der Waals surface area contributed by atoms with E-state index in [1.807, 2.05) is 0 Å². The van der Waals surface area contributed by atoms with Crippen molar-refractivity contribution in [3.05, 3.63) is 71.8 Å². The van der Waals surface area contributed by atoms with Crippen molar-refractivity contribution >= 4 is 11.8 Å². The average Bonchev–Trinajstić information content (AvgIpc) is 2.61. The Morgan fingerprint density at radius 3 is 2.39 bits per heavy atom. The zero-order chi connectivity index (χ0) is 15.9. The Morgan fingerprint density at radius 1 is 1.00 bits per heavy atom. The summed E-state index contributed by atoms with van der Waals surface area (Å²) in [5.74, 6) is 0. The molecule has 0 atom stereocenters. The lowest BCUT2D eigenvalue weighted by Gasteiger charge is -2.34. The summed E-state index contributed by atoms with van der Waals surface area (Å²) < 4.78 is 0. The molecule has 0 aromatic heterocycles. The fraction of sp³-hybridized carbons (Fsp3) is 0.333. The Labute approximate surface area is 139 Å². The SMILES string of the molecule is Cc1ccc(N2CCC(NC/C=C/c3ccccc3)CC2)cc1. The van der Waals surface area contributed by atoms with Crippen LogP contribution in [-0.2, 0) is 0 Å². The molecule has 0 spiro atoms. The molecule has 1 aliphatic rings. The Balaban J connectivity index is 1.41. The van der Waals surface area contributed by atoms with Gasteiger partial charge in [-0.2, -0.15) is 0 Å². The summed E-state index contributed by atoms with van der Waals surface area (Å²) in [7, 11) is 0. The number of nitrogens with one attached hydrogen (secondary N) is 1. The number of piperidine rings is 1. The monoisotopic (exact) mass is 306 g/mol. The van der Waals surface area contributed by atoms with Crippen LogP contribution in [-0.4, -0.2) is 25.7 Å². The Hall–Kier alpha value is -2.06. The predicted octanol–water partition coefficient (Wildman–Crippen LogP) is 4.27. The lowest BCUT2D eigenvalue weighted by atomic mass is 10.0. The first-order valence-corrected chi connectivity index (χ1v) is 8.58. The molecule has 2 aromatic rings. The summed E-state index contributed by atoms with van der Waals surface area (Å²) in [6.45, 7) is 5.37. The number of hydrogen-bond acceptors (Lipinski definition) is 2. The van der Waals surface area contributed by atoms with Crippen LogP contribution in [0.15, 0.2) is 60.7 Å². The first-order valence-electron chi connectivity index (χ1n) is 8.58. The van der Waals surface area contributed by atoms with Crippen molar-refractivity contribution in [2.24, 2.45) is 0 Å². The van der Waals surface area contributed by atoms with E-state index in [9.17, 15) is 0 Å². The minimum absolute atomic E-state index is 0.636. The third-order valence-electron chi connectivity index (χ3n) is 4.53. The number of nitrogens with zero attached hydrogens (tertiary/aromatic N) is 1. The van der Waals surface area contributed by atoms with Crippen LogP contribution in [0.25, 0.3) is 6.08 Å². The fourth-order valence-corrected chi connectivity index (χ4v) is 3.09. The zero-order valence-electron chi connectivity index (χ0n) is 13.9. The molecule has 1 saturated heterocycles. The van der Waals surface area contributed by atoms with E-state index in [-0.39, 0.29) is 0 Å². The molecule has 0 radical (unpaired) electrons. The summed E-state index contributed by atoms with van der Waals surface area (Å²) >= 11 is 0. The fourth-order valence-electron chi connectivity index (χ4n) is 3.09. The molecule has 120 valence electrons. The highest BCUT2D eigenvalue weighted by Gasteiger charge is 2.18. The number of aryl methyl sites for hydroxylation is 1. The molecule has 0 amide bonds. The van der Waals surface area contributed by atoms with E-state index in [1.165, 1.54) is 29.7 Å². The van der Waals surface area contributed by atoms with Gasteiger partial charge < -0.3 is 10.2 Å². The Kier molecular flexibility index (Phi) is 5.49. The molecule has 3 rings (SSSR count). The Morgan fingerprint density at radius 2 is 1.70 bits per heavy atom. The molecule has 1 N–H and O–H groups in total. The predicted molar refractivity (Wildman–Crippen MR) is 99.9 cm³/mol. The van der Waals surface area contributed by atoms with Crippen molar-refractivity contribution in [3.63, 3.8) is 0 Å². The van der Waals surface area contributed by atoms with Crippen molar-refractivity contribution in [2.75, 3.05) is 24.5 Å². The lowest BCUT2D eigenvalue weighted by Crippen LogP contribution is -2.42. The maximum Gasteiger partial charge on any atom is 0.0366 e. The molecule has 0 bridgehead atoms. The van der Waals surface area contributed by atoms with Crippen molar-refractivity contribution in [3.8, 4) is 0 Å². The van der Waals surface area contributed by atoms with Crippen LogP contribution >= 0.6 is 0 Å². The van der Waals surface area contributed by atoms with Crippen LogP contribution < -0.4 is 10.2 Å². The van der Waals surface area contributed by atoms with Gasteiger partial charge in [-0.15, -0.1) is 0 Å². The molecule has 1 fully saturated rings. The molecular formula is C21H26N2. The quantitative estimate of drug-likeness (QED) is 0.887. The van der Waals surface area contributed by atoms with E-state index in [0.29, 0.717) is 6.04 Å². The van der Waals surface area contributed by atoms with Gasteiger partial charge in [-0.3, -0.25) is 0 Å². The first-order chi connectivity index (χ1) is 11.3. The van der Waals surface area contributed by atoms with E-state index in [4.69, 9.17) is 0 Å². The largest absolute Gasteiger partial charge is 0.371 e. The number of rotatable bonds is 5. The van der Waals surface area contributed by atoms with Crippen LogP contribution in [0.5, 0.6) is 0 Å². The summed E-state index contributed by atoms with van der Waals surface area (Å²) in [6.07, 6.45) is 6.84. The highest BCUT2D eigenvalue weighted by molar-refractivity contribution is 5.49. The highest BCUT2D eigenvalue weighted by atomic mass is 15.1. The number of anilines is 1. The smallest absolute Gasteiger partial charge is 0.0366 e. The maximum atomic E-state index is 3.66. The van der Waals surface area contributed by atoms with Crippen molar-refractivity contribution in [1.82, 2.24) is 5.32 Å². The van der Waals surface area contributed by atoms with Gasteiger partial charge in [0.2, 0.25) is 0 Å². The topological polar surface area (TPSA) is 15.3 Å². The van der Waals surface area contributed by atoms with Crippen LogP contribution in [0.1, 0.15) is 24.0 Å². The second-order valence-corrected chi connectivity index (χ2v) is 6.32. The highest BCUT2D eigenvalue weighted by Crippen LogP contribution is 2.20. The van der Waals surface area contributed by atoms with Crippen LogP contribution in [0.3, 0.4) is 0 Å². The molecule has 2 heteroatoms. The number of hydrogen-bond donors (Lipinski definition) is 1. The van der Waals surface area contributed by atoms with Crippen LogP contribution in [0.4, 0.5) is 5.69 Å². The minimum atomic E-state index is 0.636. The van der Waals surface area contributed by atoms with Crippen molar-refractivity contribution in [2.45, 2.75) is 25.8 Å². The van der Waals surface area contributed by atoms with Crippen molar-refractivity contribution in [1.29, 1.82) is 0 Å². The van der Waals surface area contributed by atoms with Gasteiger partial charge in [0, 0.05) is 31.4 Å². The molecular weight excluding hydrogens is 280 g/mol. The second kappa shape index (κ2) is 7.98. The van der Waals surface area contributed by atoms with E-state index in [0.717, 1.165) is 19.6 Å². The third-order valence-corrected chi connectivity index (χ3v) is 4.53. The van der Waals surface area contributed by atoms with Gasteiger partial charge in [-0.25, -0.2) is 0 Å². The molecule has 0 unspecified atom stereocenters. The van der Waals surface area contributed by atoms with E-state index in [1.54, 1.807) is 0 Å². The number of benzene rings is 2. The van der Waals surface area contributed by atoms with E-state index in [2.05, 4.69) is 83.9 Å². The molecule has 23 heavy (non-hydrogen) atoms. The maximum absolute atomic E-state index is 3.66. The summed E-state index contributed by atoms with van der Waals surface area (Å²) in [4.78, 5) is 2.50. The lowest BCUT2D eigenvalue weighted by molar-refractivity contribution is 0.430. The Bertz CT molecular complexity index is 608. The van der Waals surface area contributed by atoms with Gasteiger partial charge in [0.1, 0.15) is 0 Å². The van der Waals surface area contributed by atoms with Gasteiger partial charge in [-0.05, 0) is 37.5 Å².